The van der Waals surface area contributed by atoms with Crippen molar-refractivity contribution in [1.29, 1.82) is 5.26 Å². The van der Waals surface area contributed by atoms with Crippen LogP contribution in [0.5, 0.6) is 0 Å². The molecule has 1 aromatic heterocycles. The Kier molecular flexibility index (Phi) is 3.78. The molecular weight excluding hydrogens is 230 g/mol. The standard InChI is InChI=1S/C13H15N3O2/c1-18-13(17)10-3-6-16(7-4-10)12-2-5-15-11(8-12)9-14/h2,5,8,10H,3-4,6-7H2,1H3. The highest BCUT2D eigenvalue weighted by molar-refractivity contribution is 5.72. The van der Waals surface area contributed by atoms with E-state index in [1.54, 1.807) is 12.3 Å². The van der Waals surface area contributed by atoms with Gasteiger partial charge in [0.1, 0.15) is 11.8 Å². The first-order valence-corrected chi connectivity index (χ1v) is 5.93. The van der Waals surface area contributed by atoms with Crippen LogP contribution in [0.2, 0.25) is 0 Å². The molecule has 0 amide bonds. The van der Waals surface area contributed by atoms with E-state index in [-0.39, 0.29) is 11.9 Å². The average Bonchev–Trinajstić information content (AvgIpc) is 2.46. The molecule has 0 radical (unpaired) electrons. The highest BCUT2D eigenvalue weighted by Crippen LogP contribution is 2.23. The maximum Gasteiger partial charge on any atom is 0.308 e. The molecule has 0 unspecified atom stereocenters. The fourth-order valence-electron chi connectivity index (χ4n) is 2.22. The Morgan fingerprint density at radius 3 is 2.89 bits per heavy atom. The van der Waals surface area contributed by atoms with Crippen molar-refractivity contribution in [2.75, 3.05) is 25.1 Å². The molecule has 1 aromatic rings. The van der Waals surface area contributed by atoms with Gasteiger partial charge in [-0.05, 0) is 25.0 Å². The minimum absolute atomic E-state index is 0.00326. The van der Waals surface area contributed by atoms with Gasteiger partial charge in [-0.15, -0.1) is 0 Å². The van der Waals surface area contributed by atoms with Crippen molar-refractivity contribution < 1.29 is 9.53 Å². The van der Waals surface area contributed by atoms with Crippen LogP contribution in [0.15, 0.2) is 18.3 Å². The molecule has 1 fully saturated rings. The number of methoxy groups -OCH3 is 1. The summed E-state index contributed by atoms with van der Waals surface area (Å²) in [6, 6.07) is 5.70. The zero-order valence-corrected chi connectivity index (χ0v) is 10.3. The SMILES string of the molecule is COC(=O)C1CCN(c2ccnc(C#N)c2)CC1. The van der Waals surface area contributed by atoms with Gasteiger partial charge >= 0.3 is 5.97 Å². The molecule has 0 saturated carbocycles. The molecule has 1 aliphatic rings. The number of carbonyl (C=O) groups is 1. The van der Waals surface area contributed by atoms with E-state index in [0.717, 1.165) is 31.6 Å². The molecule has 0 aromatic carbocycles. The monoisotopic (exact) mass is 245 g/mol. The lowest BCUT2D eigenvalue weighted by Gasteiger charge is -2.32. The van der Waals surface area contributed by atoms with Crippen LogP contribution in [0.3, 0.4) is 0 Å². The van der Waals surface area contributed by atoms with E-state index >= 15 is 0 Å². The van der Waals surface area contributed by atoms with Gasteiger partial charge in [0.2, 0.25) is 0 Å². The summed E-state index contributed by atoms with van der Waals surface area (Å²) in [7, 11) is 1.43. The number of ether oxygens (including phenoxy) is 1. The lowest BCUT2D eigenvalue weighted by molar-refractivity contribution is -0.146. The van der Waals surface area contributed by atoms with Gasteiger partial charge in [0.15, 0.2) is 0 Å². The predicted molar refractivity (Wildman–Crippen MR) is 65.9 cm³/mol. The fourth-order valence-corrected chi connectivity index (χ4v) is 2.22. The Bertz CT molecular complexity index is 473. The van der Waals surface area contributed by atoms with Crippen molar-refractivity contribution in [2.45, 2.75) is 12.8 Å². The van der Waals surface area contributed by atoms with Crippen molar-refractivity contribution in [3.05, 3.63) is 24.0 Å². The Labute approximate surface area is 106 Å². The second-order valence-corrected chi connectivity index (χ2v) is 4.30. The highest BCUT2D eigenvalue weighted by atomic mass is 16.5. The second kappa shape index (κ2) is 5.50. The van der Waals surface area contributed by atoms with Crippen molar-refractivity contribution in [2.24, 2.45) is 5.92 Å². The minimum Gasteiger partial charge on any atom is -0.469 e. The van der Waals surface area contributed by atoms with Crippen LogP contribution in [-0.2, 0) is 9.53 Å². The molecule has 0 atom stereocenters. The molecule has 2 heterocycles. The van der Waals surface area contributed by atoms with Gasteiger partial charge in [0.05, 0.1) is 13.0 Å². The number of anilines is 1. The number of hydrogen-bond donors (Lipinski definition) is 0. The molecule has 0 aliphatic carbocycles. The lowest BCUT2D eigenvalue weighted by Crippen LogP contribution is -2.36. The molecular formula is C13H15N3O2. The number of hydrogen-bond acceptors (Lipinski definition) is 5. The van der Waals surface area contributed by atoms with Gasteiger partial charge < -0.3 is 9.64 Å². The Morgan fingerprint density at radius 2 is 2.28 bits per heavy atom. The average molecular weight is 245 g/mol. The van der Waals surface area contributed by atoms with E-state index in [1.165, 1.54) is 7.11 Å². The first-order valence-electron chi connectivity index (χ1n) is 5.93. The van der Waals surface area contributed by atoms with Gasteiger partial charge in [-0.3, -0.25) is 4.79 Å². The van der Waals surface area contributed by atoms with E-state index in [0.29, 0.717) is 5.69 Å². The summed E-state index contributed by atoms with van der Waals surface area (Å²) in [6.07, 6.45) is 3.22. The number of nitriles is 1. The number of carbonyl (C=O) groups excluding carboxylic acids is 1. The summed E-state index contributed by atoms with van der Waals surface area (Å²) < 4.78 is 4.76. The number of aromatic nitrogens is 1. The molecule has 5 nitrogen and oxygen atoms in total. The minimum atomic E-state index is -0.123. The van der Waals surface area contributed by atoms with Gasteiger partial charge in [-0.1, -0.05) is 0 Å². The summed E-state index contributed by atoms with van der Waals surface area (Å²) in [5, 5.41) is 8.81. The Balaban J connectivity index is 2.01. The van der Waals surface area contributed by atoms with E-state index in [9.17, 15) is 4.79 Å². The normalized spacial score (nSPS) is 16.1. The van der Waals surface area contributed by atoms with Crippen LogP contribution in [0, 0.1) is 17.2 Å². The number of esters is 1. The van der Waals surface area contributed by atoms with E-state index in [4.69, 9.17) is 10.00 Å². The number of rotatable bonds is 2. The molecule has 0 N–H and O–H groups in total. The van der Waals surface area contributed by atoms with Gasteiger partial charge in [-0.25, -0.2) is 4.98 Å². The van der Waals surface area contributed by atoms with Crippen molar-refractivity contribution >= 4 is 11.7 Å². The molecule has 5 heteroatoms. The molecule has 18 heavy (non-hydrogen) atoms. The smallest absolute Gasteiger partial charge is 0.308 e. The van der Waals surface area contributed by atoms with Crippen LogP contribution in [0.4, 0.5) is 5.69 Å². The summed E-state index contributed by atoms with van der Waals surface area (Å²) in [5.41, 5.74) is 1.41. The summed E-state index contributed by atoms with van der Waals surface area (Å²) in [6.45, 7) is 1.60. The third-order valence-corrected chi connectivity index (χ3v) is 3.25. The third kappa shape index (κ3) is 2.59. The first-order chi connectivity index (χ1) is 8.74. The van der Waals surface area contributed by atoms with Crippen LogP contribution in [0.25, 0.3) is 0 Å². The van der Waals surface area contributed by atoms with Crippen LogP contribution in [0.1, 0.15) is 18.5 Å². The molecule has 2 rings (SSSR count). The van der Waals surface area contributed by atoms with E-state index in [2.05, 4.69) is 9.88 Å². The molecule has 0 spiro atoms. The molecule has 0 bridgehead atoms. The quantitative estimate of drug-likeness (QED) is 0.736. The highest BCUT2D eigenvalue weighted by Gasteiger charge is 2.25. The van der Waals surface area contributed by atoms with Crippen LogP contribution < -0.4 is 4.90 Å². The summed E-state index contributed by atoms with van der Waals surface area (Å²) >= 11 is 0. The third-order valence-electron chi connectivity index (χ3n) is 3.25. The van der Waals surface area contributed by atoms with Crippen LogP contribution in [-0.4, -0.2) is 31.2 Å². The zero-order valence-electron chi connectivity index (χ0n) is 10.3. The summed E-state index contributed by atoms with van der Waals surface area (Å²) in [5.74, 6) is -0.120. The summed E-state index contributed by atoms with van der Waals surface area (Å²) in [4.78, 5) is 17.5. The predicted octanol–water partition coefficient (Wildman–Crippen LogP) is 1.34. The molecule has 94 valence electrons. The van der Waals surface area contributed by atoms with E-state index < -0.39 is 0 Å². The lowest BCUT2D eigenvalue weighted by atomic mass is 9.96. The second-order valence-electron chi connectivity index (χ2n) is 4.30. The first kappa shape index (κ1) is 12.4. The van der Waals surface area contributed by atoms with Gasteiger partial charge in [0.25, 0.3) is 0 Å². The maximum atomic E-state index is 11.4. The maximum absolute atomic E-state index is 11.4. The van der Waals surface area contributed by atoms with Crippen molar-refractivity contribution in [3.63, 3.8) is 0 Å². The van der Waals surface area contributed by atoms with E-state index in [1.807, 2.05) is 12.1 Å². The van der Waals surface area contributed by atoms with Gasteiger partial charge in [0, 0.05) is 25.0 Å². The largest absolute Gasteiger partial charge is 0.469 e. The number of nitrogens with zero attached hydrogens (tertiary/aromatic N) is 3. The van der Waals surface area contributed by atoms with Crippen molar-refractivity contribution in [1.82, 2.24) is 4.98 Å². The van der Waals surface area contributed by atoms with Gasteiger partial charge in [-0.2, -0.15) is 5.26 Å². The van der Waals surface area contributed by atoms with Crippen molar-refractivity contribution in [3.8, 4) is 6.07 Å². The van der Waals surface area contributed by atoms with Crippen LogP contribution >= 0.6 is 0 Å². The topological polar surface area (TPSA) is 66.2 Å². The Morgan fingerprint density at radius 1 is 1.56 bits per heavy atom. The molecule has 1 aliphatic heterocycles. The fraction of sp³-hybridized carbons (Fsp3) is 0.462. The molecule has 1 saturated heterocycles. The number of piperidine rings is 1. The number of pyridine rings is 1. The zero-order chi connectivity index (χ0) is 13.0. The Hall–Kier alpha value is -2.09.